The summed E-state index contributed by atoms with van der Waals surface area (Å²) >= 11 is 7.84. The van der Waals surface area contributed by atoms with Crippen molar-refractivity contribution in [1.82, 2.24) is 14.1 Å². The Hall–Kier alpha value is -1.85. The molecule has 0 amide bonds. The van der Waals surface area contributed by atoms with Crippen LogP contribution in [0.3, 0.4) is 0 Å². The molecule has 6 heteroatoms. The van der Waals surface area contributed by atoms with Gasteiger partial charge in [-0.1, -0.05) is 23.7 Å². The number of rotatable bonds is 5. The second-order valence-electron chi connectivity index (χ2n) is 5.03. The van der Waals surface area contributed by atoms with E-state index in [0.717, 1.165) is 30.0 Å². The maximum atomic E-state index is 6.20. The number of aryl methyl sites for hydroxylation is 2. The van der Waals surface area contributed by atoms with E-state index in [1.54, 1.807) is 17.5 Å². The lowest BCUT2D eigenvalue weighted by Crippen LogP contribution is -2.17. The smallest absolute Gasteiger partial charge is 0.190 e. The van der Waals surface area contributed by atoms with Crippen molar-refractivity contribution < 1.29 is 0 Å². The third-order valence-electron chi connectivity index (χ3n) is 3.42. The van der Waals surface area contributed by atoms with Gasteiger partial charge in [-0.2, -0.15) is 0 Å². The van der Waals surface area contributed by atoms with Crippen LogP contribution in [-0.4, -0.2) is 14.1 Å². The van der Waals surface area contributed by atoms with Crippen LogP contribution in [0.25, 0.3) is 0 Å². The molecular formula is C16H17ClN4S. The van der Waals surface area contributed by atoms with Crippen molar-refractivity contribution in [2.24, 2.45) is 4.99 Å². The number of hydrogen-bond donors (Lipinski definition) is 0. The average Bonchev–Trinajstić information content (AvgIpc) is 3.14. The van der Waals surface area contributed by atoms with Crippen molar-refractivity contribution in [3.8, 4) is 0 Å². The monoisotopic (exact) mass is 332 g/mol. The summed E-state index contributed by atoms with van der Waals surface area (Å²) in [4.78, 5) is 9.75. The van der Waals surface area contributed by atoms with Crippen molar-refractivity contribution in [2.75, 3.05) is 0 Å². The predicted octanol–water partition coefficient (Wildman–Crippen LogP) is 4.03. The predicted molar refractivity (Wildman–Crippen MR) is 90.6 cm³/mol. The third kappa shape index (κ3) is 3.48. The summed E-state index contributed by atoms with van der Waals surface area (Å²) in [5.74, 6) is 0. The Morgan fingerprint density at radius 1 is 1.27 bits per heavy atom. The van der Waals surface area contributed by atoms with Crippen LogP contribution in [0.1, 0.15) is 12.1 Å². The largest absolute Gasteiger partial charge is 0.337 e. The van der Waals surface area contributed by atoms with Crippen molar-refractivity contribution in [1.29, 1.82) is 0 Å². The van der Waals surface area contributed by atoms with Gasteiger partial charge in [-0.05, 0) is 25.5 Å². The van der Waals surface area contributed by atoms with Gasteiger partial charge in [-0.25, -0.2) is 9.98 Å². The molecule has 1 aromatic carbocycles. The Kier molecular flexibility index (Phi) is 4.75. The zero-order valence-corrected chi connectivity index (χ0v) is 13.9. The number of imidazole rings is 1. The summed E-state index contributed by atoms with van der Waals surface area (Å²) < 4.78 is 4.33. The minimum atomic E-state index is 0.679. The van der Waals surface area contributed by atoms with E-state index in [2.05, 4.69) is 26.4 Å². The van der Waals surface area contributed by atoms with Crippen LogP contribution < -0.4 is 4.80 Å². The third-order valence-corrected chi connectivity index (χ3v) is 4.72. The van der Waals surface area contributed by atoms with Crippen LogP contribution in [0.5, 0.6) is 0 Å². The molecule has 0 bridgehead atoms. The molecule has 0 aliphatic heterocycles. The quantitative estimate of drug-likeness (QED) is 0.694. The van der Waals surface area contributed by atoms with E-state index < -0.39 is 0 Å². The fraction of sp³-hybridized carbons (Fsp3) is 0.250. The maximum absolute atomic E-state index is 6.20. The summed E-state index contributed by atoms with van der Waals surface area (Å²) in [6.45, 7) is 3.99. The second kappa shape index (κ2) is 6.94. The molecule has 0 aliphatic carbocycles. The molecule has 0 spiro atoms. The molecular weight excluding hydrogens is 316 g/mol. The van der Waals surface area contributed by atoms with Gasteiger partial charge in [-0.3, -0.25) is 0 Å². The van der Waals surface area contributed by atoms with Crippen molar-refractivity contribution >= 4 is 28.6 Å². The molecule has 0 unspecified atom stereocenters. The minimum Gasteiger partial charge on any atom is -0.337 e. The number of halogens is 1. The molecule has 0 saturated carbocycles. The van der Waals surface area contributed by atoms with Crippen LogP contribution in [0.15, 0.2) is 53.4 Å². The van der Waals surface area contributed by atoms with Crippen LogP contribution >= 0.6 is 22.9 Å². The second-order valence-corrected chi connectivity index (χ2v) is 6.27. The minimum absolute atomic E-state index is 0.679. The van der Waals surface area contributed by atoms with Crippen LogP contribution in [0, 0.1) is 6.92 Å². The van der Waals surface area contributed by atoms with Gasteiger partial charge in [0.25, 0.3) is 0 Å². The van der Waals surface area contributed by atoms with Crippen LogP contribution in [0.2, 0.25) is 5.02 Å². The first-order chi connectivity index (χ1) is 10.7. The molecule has 4 nitrogen and oxygen atoms in total. The molecule has 3 rings (SSSR count). The van der Waals surface area contributed by atoms with Crippen molar-refractivity contribution in [3.05, 3.63) is 63.9 Å². The molecule has 0 aliphatic rings. The summed E-state index contributed by atoms with van der Waals surface area (Å²) in [5.41, 5.74) is 2.04. The first-order valence-electron chi connectivity index (χ1n) is 7.14. The number of benzene rings is 1. The molecule has 114 valence electrons. The molecule has 0 saturated heterocycles. The van der Waals surface area contributed by atoms with Crippen LogP contribution in [-0.2, 0) is 13.1 Å². The van der Waals surface area contributed by atoms with Gasteiger partial charge in [0.1, 0.15) is 0 Å². The lowest BCUT2D eigenvalue weighted by Gasteiger charge is -2.07. The summed E-state index contributed by atoms with van der Waals surface area (Å²) in [7, 11) is 0. The molecule has 2 heterocycles. The van der Waals surface area contributed by atoms with Crippen LogP contribution in [0.4, 0.5) is 5.69 Å². The highest BCUT2D eigenvalue weighted by molar-refractivity contribution is 7.07. The Morgan fingerprint density at radius 3 is 2.91 bits per heavy atom. The fourth-order valence-corrected chi connectivity index (χ4v) is 3.35. The van der Waals surface area contributed by atoms with E-state index in [0.29, 0.717) is 5.02 Å². The lowest BCUT2D eigenvalue weighted by atomic mass is 10.3. The first-order valence-corrected chi connectivity index (χ1v) is 8.40. The van der Waals surface area contributed by atoms with Gasteiger partial charge in [0, 0.05) is 36.6 Å². The molecule has 2 aromatic heterocycles. The molecule has 22 heavy (non-hydrogen) atoms. The Bertz CT molecular complexity index is 802. The van der Waals surface area contributed by atoms with Gasteiger partial charge >= 0.3 is 0 Å². The average molecular weight is 333 g/mol. The highest BCUT2D eigenvalue weighted by atomic mass is 35.5. The SMILES string of the molecule is Cc1csc(=Nc2ccccc2Cl)n1CCCn1ccnc1. The van der Waals surface area contributed by atoms with Crippen molar-refractivity contribution in [3.63, 3.8) is 0 Å². The number of nitrogens with zero attached hydrogens (tertiary/aromatic N) is 4. The molecule has 0 atom stereocenters. The Morgan fingerprint density at radius 2 is 2.14 bits per heavy atom. The normalized spacial score (nSPS) is 12.0. The highest BCUT2D eigenvalue weighted by Gasteiger charge is 2.03. The summed E-state index contributed by atoms with van der Waals surface area (Å²) in [6, 6.07) is 7.67. The molecule has 0 fully saturated rings. The van der Waals surface area contributed by atoms with Gasteiger partial charge in [0.05, 0.1) is 17.0 Å². The van der Waals surface area contributed by atoms with E-state index in [4.69, 9.17) is 16.6 Å². The van der Waals surface area contributed by atoms with E-state index in [1.165, 1.54) is 5.69 Å². The zero-order valence-electron chi connectivity index (χ0n) is 12.3. The van der Waals surface area contributed by atoms with E-state index >= 15 is 0 Å². The first kappa shape index (κ1) is 15.1. The Labute approximate surface area is 138 Å². The van der Waals surface area contributed by atoms with E-state index in [-0.39, 0.29) is 0 Å². The standard InChI is InChI=1S/C16H17ClN4S/c1-13-11-22-16(19-15-6-3-2-5-14(15)17)21(13)9-4-8-20-10-7-18-12-20/h2-3,5-7,10-12H,4,8-9H2,1H3. The number of aromatic nitrogens is 3. The number of hydrogen-bond acceptors (Lipinski definition) is 3. The molecule has 3 aromatic rings. The molecule has 0 radical (unpaired) electrons. The van der Waals surface area contributed by atoms with Gasteiger partial charge < -0.3 is 9.13 Å². The zero-order chi connectivity index (χ0) is 15.4. The van der Waals surface area contributed by atoms with Crippen molar-refractivity contribution in [2.45, 2.75) is 26.4 Å². The highest BCUT2D eigenvalue weighted by Crippen LogP contribution is 2.23. The lowest BCUT2D eigenvalue weighted by molar-refractivity contribution is 0.548. The maximum Gasteiger partial charge on any atom is 0.190 e. The summed E-state index contributed by atoms with van der Waals surface area (Å²) in [6.07, 6.45) is 6.67. The number of para-hydroxylation sites is 1. The van der Waals surface area contributed by atoms with E-state index in [9.17, 15) is 0 Å². The topological polar surface area (TPSA) is 35.1 Å². The molecule has 0 N–H and O–H groups in total. The van der Waals surface area contributed by atoms with Gasteiger partial charge in [0.15, 0.2) is 4.80 Å². The summed E-state index contributed by atoms with van der Waals surface area (Å²) in [5, 5.41) is 2.81. The van der Waals surface area contributed by atoms with E-state index in [1.807, 2.05) is 36.8 Å². The Balaban J connectivity index is 1.80. The van der Waals surface area contributed by atoms with Gasteiger partial charge in [0.2, 0.25) is 0 Å². The van der Waals surface area contributed by atoms with Gasteiger partial charge in [-0.15, -0.1) is 11.3 Å². The fourth-order valence-electron chi connectivity index (χ4n) is 2.25. The number of thiazole rings is 1.